The number of benzene rings is 2. The molecule has 2 rings (SSSR count). The summed E-state index contributed by atoms with van der Waals surface area (Å²) in [5, 5.41) is 26.3. The molecule has 20 heteroatoms. The average molecular weight is 957 g/mol. The second kappa shape index (κ2) is 28.8. The number of esters is 2. The number of carbonyl (C=O) groups is 8. The number of hydrogen-bond donors (Lipinski definition) is 7. The number of amides is 6. The Kier molecular flexibility index (Phi) is 24.5. The minimum Gasteiger partial charge on any atom is -0.461 e. The van der Waals surface area contributed by atoms with Crippen molar-refractivity contribution in [2.45, 2.75) is 162 Å². The molecule has 4 unspecified atom stereocenters. The molecule has 68 heavy (non-hydrogen) atoms. The van der Waals surface area contributed by atoms with Gasteiger partial charge in [0.1, 0.15) is 48.6 Å². The van der Waals surface area contributed by atoms with Crippen LogP contribution in [0.5, 0.6) is 0 Å². The molecule has 0 bridgehead atoms. The first-order valence-electron chi connectivity index (χ1n) is 22.6. The molecule has 0 aliphatic rings. The fraction of sp³-hybridized carbons (Fsp3) is 0.583. The highest BCUT2D eigenvalue weighted by atomic mass is 16.6. The monoisotopic (exact) mass is 957 g/mol. The first-order chi connectivity index (χ1) is 31.8. The van der Waals surface area contributed by atoms with Crippen molar-refractivity contribution in [2.24, 2.45) is 0 Å². The average Bonchev–Trinajstić information content (AvgIpc) is 3.24. The number of unbranched alkanes of at least 4 members (excludes halogenated alkanes) is 1. The van der Waals surface area contributed by atoms with E-state index in [0.717, 1.165) is 11.1 Å². The molecule has 0 radical (unpaired) electrons. The lowest BCUT2D eigenvalue weighted by molar-refractivity contribution is -0.154. The van der Waals surface area contributed by atoms with Crippen LogP contribution in [-0.2, 0) is 65.7 Å². The van der Waals surface area contributed by atoms with Gasteiger partial charge < -0.3 is 60.7 Å². The van der Waals surface area contributed by atoms with Gasteiger partial charge in [-0.25, -0.2) is 9.59 Å². The van der Waals surface area contributed by atoms with E-state index in [1.807, 2.05) is 12.1 Å². The maximum Gasteiger partial charge on any atom is 0.408 e. The predicted octanol–water partition coefficient (Wildman–Crippen LogP) is 3.96. The summed E-state index contributed by atoms with van der Waals surface area (Å²) in [6.07, 6.45) is -3.52. The van der Waals surface area contributed by atoms with Crippen molar-refractivity contribution in [3.05, 3.63) is 71.8 Å². The van der Waals surface area contributed by atoms with Gasteiger partial charge in [0.25, 0.3) is 0 Å². The van der Waals surface area contributed by atoms with Crippen molar-refractivity contribution in [3.63, 3.8) is 0 Å². The molecule has 0 saturated carbocycles. The lowest BCUT2D eigenvalue weighted by Crippen LogP contribution is -2.55. The highest BCUT2D eigenvalue weighted by Crippen LogP contribution is 2.14. The Morgan fingerprint density at radius 2 is 1.07 bits per heavy atom. The zero-order chi connectivity index (χ0) is 50.9. The van der Waals surface area contributed by atoms with Gasteiger partial charge in [-0.15, -0.1) is 0 Å². The number of hydrogen-bond acceptors (Lipinski definition) is 14. The van der Waals surface area contributed by atoms with E-state index in [1.54, 1.807) is 111 Å². The van der Waals surface area contributed by atoms with E-state index >= 15 is 0 Å². The highest BCUT2D eigenvalue weighted by molar-refractivity contribution is 5.94. The number of alkyl carbamates (subject to hydrolysis) is 2. The molecule has 4 atom stereocenters. The Bertz CT molecular complexity index is 1930. The van der Waals surface area contributed by atoms with Crippen molar-refractivity contribution in [3.8, 4) is 0 Å². The smallest absolute Gasteiger partial charge is 0.408 e. The van der Waals surface area contributed by atoms with Crippen LogP contribution in [0.15, 0.2) is 60.7 Å². The zero-order valence-corrected chi connectivity index (χ0v) is 40.8. The van der Waals surface area contributed by atoms with Crippen LogP contribution in [0.4, 0.5) is 9.59 Å². The summed E-state index contributed by atoms with van der Waals surface area (Å²) in [4.78, 5) is 104. The normalized spacial score (nSPS) is 13.3. The van der Waals surface area contributed by atoms with E-state index < -0.39 is 108 Å². The van der Waals surface area contributed by atoms with Gasteiger partial charge >= 0.3 is 24.1 Å². The van der Waals surface area contributed by atoms with Crippen molar-refractivity contribution in [1.82, 2.24) is 31.9 Å². The second-order valence-electron chi connectivity index (χ2n) is 18.9. The first-order valence-corrected chi connectivity index (χ1v) is 22.6. The van der Waals surface area contributed by atoms with E-state index in [9.17, 15) is 43.5 Å². The van der Waals surface area contributed by atoms with Gasteiger partial charge in [-0.1, -0.05) is 60.7 Å². The van der Waals surface area contributed by atoms with Gasteiger partial charge in [0.15, 0.2) is 6.29 Å². The van der Waals surface area contributed by atoms with Gasteiger partial charge in [0.2, 0.25) is 23.6 Å². The standard InChI is InChI=1S/C48H72N6O14/c1-46(2,3)66-40(58)29-50-41(59)35(54-42(60)34(22-16-17-27-49-44(62)67-47(4,5)6)52-38(56)28-51-45(63)68-48(7,8)9)23-25-37(55)53-36(43(61)65-31-33-20-14-11-15-21-33)24-26-39(57)64-30-32-18-12-10-13-19-32/h10-15,18-21,34-36,43,61H,16-17,22-31H2,1-9H3,(H,49,62)(H,50,59)(H,51,63)(H,52,56)(H,53,55)(H,54,60). The molecule has 378 valence electrons. The summed E-state index contributed by atoms with van der Waals surface area (Å²) in [7, 11) is 0. The number of aliphatic hydroxyl groups is 1. The third-order valence-electron chi connectivity index (χ3n) is 9.01. The van der Waals surface area contributed by atoms with E-state index in [-0.39, 0.29) is 51.9 Å². The molecule has 2 aromatic rings. The van der Waals surface area contributed by atoms with E-state index in [1.165, 1.54) is 0 Å². The molecule has 0 aromatic heterocycles. The molecule has 0 aliphatic carbocycles. The van der Waals surface area contributed by atoms with Gasteiger partial charge in [-0.2, -0.15) is 0 Å². The summed E-state index contributed by atoms with van der Waals surface area (Å²) in [5.41, 5.74) is -0.935. The Balaban J connectivity index is 2.27. The Morgan fingerprint density at radius 1 is 0.529 bits per heavy atom. The van der Waals surface area contributed by atoms with Gasteiger partial charge in [-0.05, 0) is 106 Å². The van der Waals surface area contributed by atoms with Gasteiger partial charge in [0, 0.05) is 19.4 Å². The molecule has 0 fully saturated rings. The number of carbonyl (C=O) groups excluding carboxylic acids is 8. The quantitative estimate of drug-likeness (QED) is 0.0305. The minimum atomic E-state index is -1.58. The van der Waals surface area contributed by atoms with Crippen molar-refractivity contribution >= 4 is 47.8 Å². The predicted molar refractivity (Wildman–Crippen MR) is 249 cm³/mol. The summed E-state index contributed by atoms with van der Waals surface area (Å²) in [6, 6.07) is 14.1. The molecule has 0 heterocycles. The van der Waals surface area contributed by atoms with Crippen LogP contribution in [-0.4, -0.2) is 114 Å². The number of nitrogens with one attached hydrogen (secondary N) is 6. The van der Waals surface area contributed by atoms with Crippen molar-refractivity contribution < 1.29 is 67.1 Å². The van der Waals surface area contributed by atoms with Crippen LogP contribution < -0.4 is 31.9 Å². The zero-order valence-electron chi connectivity index (χ0n) is 40.8. The fourth-order valence-corrected chi connectivity index (χ4v) is 5.96. The maximum atomic E-state index is 14.0. The molecule has 0 spiro atoms. The van der Waals surface area contributed by atoms with Crippen molar-refractivity contribution in [2.75, 3.05) is 19.6 Å². The summed E-state index contributed by atoms with van der Waals surface area (Å²) < 4.78 is 26.8. The maximum absolute atomic E-state index is 14.0. The number of ether oxygens (including phenoxy) is 5. The summed E-state index contributed by atoms with van der Waals surface area (Å²) in [5.74, 6) is -4.52. The summed E-state index contributed by atoms with van der Waals surface area (Å²) >= 11 is 0. The fourth-order valence-electron chi connectivity index (χ4n) is 5.96. The lowest BCUT2D eigenvalue weighted by Gasteiger charge is -2.26. The third kappa shape index (κ3) is 27.4. The molecule has 0 saturated heterocycles. The molecule has 7 N–H and O–H groups in total. The molecule has 2 aromatic carbocycles. The Morgan fingerprint density at radius 3 is 1.65 bits per heavy atom. The second-order valence-corrected chi connectivity index (χ2v) is 18.9. The van der Waals surface area contributed by atoms with Crippen LogP contribution in [0.2, 0.25) is 0 Å². The Labute approximate surface area is 399 Å². The summed E-state index contributed by atoms with van der Waals surface area (Å²) in [6.45, 7) is 14.0. The van der Waals surface area contributed by atoms with Gasteiger partial charge in [-0.3, -0.25) is 28.8 Å². The molecular weight excluding hydrogens is 885 g/mol. The largest absolute Gasteiger partial charge is 0.461 e. The SMILES string of the molecule is CC(C)(C)OC(=O)CNC(=O)C(CCC(=O)NC(CCC(=O)OCc1ccccc1)C(O)OCc1ccccc1)NC(=O)C(CCCCNC(=O)OC(C)(C)C)NC(=O)CNC(=O)OC(C)(C)C. The van der Waals surface area contributed by atoms with Crippen LogP contribution in [0.25, 0.3) is 0 Å². The highest BCUT2D eigenvalue weighted by Gasteiger charge is 2.30. The van der Waals surface area contributed by atoms with Gasteiger partial charge in [0.05, 0.1) is 12.6 Å². The van der Waals surface area contributed by atoms with E-state index in [0.29, 0.717) is 6.42 Å². The van der Waals surface area contributed by atoms with E-state index in [4.69, 9.17) is 23.7 Å². The first kappa shape index (κ1) is 57.8. The van der Waals surface area contributed by atoms with E-state index in [2.05, 4.69) is 31.9 Å². The molecule has 20 nitrogen and oxygen atoms in total. The topological polar surface area (TPSA) is 275 Å². The molecular formula is C48H72N6O14. The van der Waals surface area contributed by atoms with Crippen molar-refractivity contribution in [1.29, 1.82) is 0 Å². The number of aliphatic hydroxyl groups excluding tert-OH is 1. The molecule has 6 amide bonds. The number of rotatable bonds is 26. The van der Waals surface area contributed by atoms with Crippen LogP contribution in [0.1, 0.15) is 118 Å². The third-order valence-corrected chi connectivity index (χ3v) is 9.01. The molecule has 0 aliphatic heterocycles. The Hall–Kier alpha value is -6.28. The van der Waals surface area contributed by atoms with Crippen LogP contribution in [0.3, 0.4) is 0 Å². The minimum absolute atomic E-state index is 0.00305. The van der Waals surface area contributed by atoms with Crippen LogP contribution in [0, 0.1) is 0 Å². The van der Waals surface area contributed by atoms with Crippen LogP contribution >= 0.6 is 0 Å². The lowest BCUT2D eigenvalue weighted by atomic mass is 10.1.